The number of likely N-dealkylation sites (tertiary alicyclic amines) is 1. The first-order valence-electron chi connectivity index (χ1n) is 7.50. The van der Waals surface area contributed by atoms with Crippen molar-refractivity contribution in [3.05, 3.63) is 46.8 Å². The van der Waals surface area contributed by atoms with Gasteiger partial charge in [0.05, 0.1) is 23.9 Å². The third-order valence-corrected chi connectivity index (χ3v) is 4.25. The molecule has 1 amide bonds. The molecule has 1 unspecified atom stereocenters. The number of hydrogen-bond donors (Lipinski definition) is 1. The van der Waals surface area contributed by atoms with Crippen LogP contribution in [0.1, 0.15) is 39.6 Å². The second kappa shape index (κ2) is 6.18. The third kappa shape index (κ3) is 3.22. The van der Waals surface area contributed by atoms with Crippen molar-refractivity contribution in [3.63, 3.8) is 0 Å². The lowest BCUT2D eigenvalue weighted by molar-refractivity contribution is 0.0995. The number of amides is 1. The largest absolute Gasteiger partial charge is 0.364 e. The van der Waals surface area contributed by atoms with E-state index in [0.29, 0.717) is 5.56 Å². The summed E-state index contributed by atoms with van der Waals surface area (Å²) in [5, 5.41) is 16.7. The molecule has 1 fully saturated rings. The molecule has 2 aromatic rings. The van der Waals surface area contributed by atoms with E-state index in [9.17, 15) is 4.79 Å². The van der Waals surface area contributed by atoms with E-state index in [1.54, 1.807) is 10.9 Å². The molecule has 23 heavy (non-hydrogen) atoms. The standard InChI is InChI=1S/C16H18N6O/c1-11-6-12(7-17)2-3-13(11)8-21-5-4-14(9-21)22-10-15(16(18)23)19-20-22/h2-3,6,10,14H,4-5,8-9H2,1H3,(H2,18,23). The van der Waals surface area contributed by atoms with Gasteiger partial charge in [0, 0.05) is 19.6 Å². The van der Waals surface area contributed by atoms with Crippen LogP contribution in [0, 0.1) is 18.3 Å². The van der Waals surface area contributed by atoms with Crippen LogP contribution in [0.15, 0.2) is 24.4 Å². The fraction of sp³-hybridized carbons (Fsp3) is 0.375. The molecule has 0 saturated carbocycles. The molecule has 1 aliphatic rings. The molecule has 2 N–H and O–H groups in total. The maximum Gasteiger partial charge on any atom is 0.270 e. The number of primary amides is 1. The van der Waals surface area contributed by atoms with Crippen LogP contribution in [0.25, 0.3) is 0 Å². The number of hydrogen-bond acceptors (Lipinski definition) is 5. The van der Waals surface area contributed by atoms with Crippen molar-refractivity contribution in [3.8, 4) is 6.07 Å². The Labute approximate surface area is 134 Å². The van der Waals surface area contributed by atoms with Gasteiger partial charge in [-0.25, -0.2) is 4.68 Å². The SMILES string of the molecule is Cc1cc(C#N)ccc1CN1CCC(n2cc(C(N)=O)nn2)C1. The quantitative estimate of drug-likeness (QED) is 0.908. The summed E-state index contributed by atoms with van der Waals surface area (Å²) in [6, 6.07) is 8.15. The Morgan fingerprint density at radius 2 is 2.35 bits per heavy atom. The van der Waals surface area contributed by atoms with E-state index >= 15 is 0 Å². The van der Waals surface area contributed by atoms with Gasteiger partial charge < -0.3 is 5.73 Å². The van der Waals surface area contributed by atoms with Gasteiger partial charge in [-0.15, -0.1) is 5.10 Å². The van der Waals surface area contributed by atoms with Gasteiger partial charge in [-0.3, -0.25) is 9.69 Å². The highest BCUT2D eigenvalue weighted by atomic mass is 16.1. The summed E-state index contributed by atoms with van der Waals surface area (Å²) in [6.45, 7) is 4.67. The van der Waals surface area contributed by atoms with Gasteiger partial charge in [0.15, 0.2) is 5.69 Å². The molecule has 1 saturated heterocycles. The van der Waals surface area contributed by atoms with E-state index in [0.717, 1.165) is 31.6 Å². The summed E-state index contributed by atoms with van der Waals surface area (Å²) in [5.74, 6) is -0.556. The molecule has 0 aliphatic carbocycles. The van der Waals surface area contributed by atoms with Crippen molar-refractivity contribution in [1.82, 2.24) is 19.9 Å². The molecule has 118 valence electrons. The van der Waals surface area contributed by atoms with Crippen molar-refractivity contribution in [1.29, 1.82) is 5.26 Å². The highest BCUT2D eigenvalue weighted by Gasteiger charge is 2.25. The number of rotatable bonds is 4. The molecule has 1 aromatic heterocycles. The second-order valence-corrected chi connectivity index (χ2v) is 5.88. The fourth-order valence-electron chi connectivity index (χ4n) is 2.92. The number of aromatic nitrogens is 3. The van der Waals surface area contributed by atoms with Gasteiger partial charge in [-0.2, -0.15) is 5.26 Å². The lowest BCUT2D eigenvalue weighted by Gasteiger charge is -2.17. The van der Waals surface area contributed by atoms with Crippen LogP contribution in [0.2, 0.25) is 0 Å². The van der Waals surface area contributed by atoms with Crippen LogP contribution in [0.3, 0.4) is 0 Å². The highest BCUT2D eigenvalue weighted by Crippen LogP contribution is 2.23. The number of nitrogens with two attached hydrogens (primary N) is 1. The zero-order chi connectivity index (χ0) is 16.4. The maximum atomic E-state index is 11.1. The van der Waals surface area contributed by atoms with Crippen LogP contribution in [0.4, 0.5) is 0 Å². The lowest BCUT2D eigenvalue weighted by atomic mass is 10.1. The number of carbonyl (C=O) groups is 1. The Hall–Kier alpha value is -2.72. The molecule has 0 radical (unpaired) electrons. The number of nitriles is 1. The van der Waals surface area contributed by atoms with Crippen molar-refractivity contribution in [2.24, 2.45) is 5.73 Å². The van der Waals surface area contributed by atoms with Gasteiger partial charge >= 0.3 is 0 Å². The molecule has 0 spiro atoms. The Kier molecular flexibility index (Phi) is 4.08. The molecule has 7 nitrogen and oxygen atoms in total. The van der Waals surface area contributed by atoms with Crippen molar-refractivity contribution in [2.75, 3.05) is 13.1 Å². The Balaban J connectivity index is 1.66. The summed E-state index contributed by atoms with van der Waals surface area (Å²) in [7, 11) is 0. The fourth-order valence-corrected chi connectivity index (χ4v) is 2.92. The first-order valence-corrected chi connectivity index (χ1v) is 7.50. The first kappa shape index (κ1) is 15.2. The van der Waals surface area contributed by atoms with Gasteiger partial charge in [0.25, 0.3) is 5.91 Å². The van der Waals surface area contributed by atoms with Crippen molar-refractivity contribution in [2.45, 2.75) is 25.9 Å². The predicted molar refractivity (Wildman–Crippen MR) is 83.4 cm³/mol. The molecule has 3 rings (SSSR count). The Morgan fingerprint density at radius 3 is 3.00 bits per heavy atom. The monoisotopic (exact) mass is 310 g/mol. The Morgan fingerprint density at radius 1 is 1.52 bits per heavy atom. The molecular weight excluding hydrogens is 292 g/mol. The normalized spacial score (nSPS) is 18.0. The molecule has 1 atom stereocenters. The molecule has 7 heteroatoms. The molecule has 1 aliphatic heterocycles. The summed E-state index contributed by atoms with van der Waals surface area (Å²) in [6.07, 6.45) is 2.57. The van der Waals surface area contributed by atoms with E-state index in [-0.39, 0.29) is 11.7 Å². The minimum absolute atomic E-state index is 0.200. The Bertz CT molecular complexity index is 775. The zero-order valence-electron chi connectivity index (χ0n) is 12.9. The summed E-state index contributed by atoms with van der Waals surface area (Å²) in [4.78, 5) is 13.4. The van der Waals surface area contributed by atoms with Gasteiger partial charge in [0.2, 0.25) is 0 Å². The highest BCUT2D eigenvalue weighted by molar-refractivity contribution is 5.90. The average molecular weight is 310 g/mol. The molecule has 2 heterocycles. The van der Waals surface area contributed by atoms with Crippen LogP contribution in [-0.2, 0) is 6.54 Å². The van der Waals surface area contributed by atoms with Gasteiger partial charge in [-0.1, -0.05) is 11.3 Å². The van der Waals surface area contributed by atoms with Crippen LogP contribution >= 0.6 is 0 Å². The molecular formula is C16H18N6O. The second-order valence-electron chi connectivity index (χ2n) is 5.88. The summed E-state index contributed by atoms with van der Waals surface area (Å²) in [5.41, 5.74) is 8.45. The van der Waals surface area contributed by atoms with Crippen LogP contribution in [0.5, 0.6) is 0 Å². The minimum atomic E-state index is -0.556. The van der Waals surface area contributed by atoms with Crippen LogP contribution < -0.4 is 5.73 Å². The lowest BCUT2D eigenvalue weighted by Crippen LogP contribution is -2.22. The van der Waals surface area contributed by atoms with E-state index in [4.69, 9.17) is 11.0 Å². The van der Waals surface area contributed by atoms with Gasteiger partial charge in [0.1, 0.15) is 0 Å². The number of benzene rings is 1. The van der Waals surface area contributed by atoms with Crippen LogP contribution in [-0.4, -0.2) is 38.9 Å². The smallest absolute Gasteiger partial charge is 0.270 e. The summed E-state index contributed by atoms with van der Waals surface area (Å²) < 4.78 is 1.73. The van der Waals surface area contributed by atoms with Crippen molar-refractivity contribution >= 4 is 5.91 Å². The molecule has 0 bridgehead atoms. The van der Waals surface area contributed by atoms with Crippen molar-refractivity contribution < 1.29 is 4.79 Å². The zero-order valence-corrected chi connectivity index (χ0v) is 12.9. The number of carbonyl (C=O) groups excluding carboxylic acids is 1. The maximum absolute atomic E-state index is 11.1. The van der Waals surface area contributed by atoms with E-state index in [2.05, 4.69) is 21.3 Å². The van der Waals surface area contributed by atoms with E-state index in [1.807, 2.05) is 25.1 Å². The number of nitrogens with zero attached hydrogens (tertiary/aromatic N) is 5. The minimum Gasteiger partial charge on any atom is -0.364 e. The van der Waals surface area contributed by atoms with E-state index in [1.165, 1.54) is 5.56 Å². The predicted octanol–water partition coefficient (Wildman–Crippen LogP) is 1.00. The summed E-state index contributed by atoms with van der Waals surface area (Å²) >= 11 is 0. The third-order valence-electron chi connectivity index (χ3n) is 4.25. The molecule has 1 aromatic carbocycles. The average Bonchev–Trinajstić information content (AvgIpc) is 3.18. The van der Waals surface area contributed by atoms with E-state index < -0.39 is 5.91 Å². The number of aryl methyl sites for hydroxylation is 1. The first-order chi connectivity index (χ1) is 11.1. The van der Waals surface area contributed by atoms with Gasteiger partial charge in [-0.05, 0) is 36.6 Å². The topological polar surface area (TPSA) is 101 Å².